The van der Waals surface area contributed by atoms with Crippen LogP contribution < -0.4 is 9.64 Å². The number of carbonyl (C=O) groups excluding carboxylic acids is 2. The summed E-state index contributed by atoms with van der Waals surface area (Å²) < 4.78 is 11.1. The van der Waals surface area contributed by atoms with Gasteiger partial charge in [0.1, 0.15) is 12.4 Å². The molecule has 32 heavy (non-hydrogen) atoms. The van der Waals surface area contributed by atoms with Crippen LogP contribution in [-0.2, 0) is 27.9 Å². The van der Waals surface area contributed by atoms with E-state index >= 15 is 0 Å². The number of carbonyl (C=O) groups is 2. The Kier molecular flexibility index (Phi) is 6.26. The third-order valence-electron chi connectivity index (χ3n) is 6.06. The Morgan fingerprint density at radius 3 is 2.34 bits per heavy atom. The molecule has 5 nitrogen and oxygen atoms in total. The fraction of sp³-hybridized carbons (Fsp3) is 0.259. The summed E-state index contributed by atoms with van der Waals surface area (Å²) in [4.78, 5) is 28.5. The first-order valence-corrected chi connectivity index (χ1v) is 10.9. The van der Waals surface area contributed by atoms with Crippen molar-refractivity contribution in [1.82, 2.24) is 0 Å². The molecule has 1 fully saturated rings. The van der Waals surface area contributed by atoms with Gasteiger partial charge in [-0.2, -0.15) is 0 Å². The molecule has 5 heteroatoms. The van der Waals surface area contributed by atoms with Crippen molar-refractivity contribution in [1.29, 1.82) is 0 Å². The van der Waals surface area contributed by atoms with Crippen molar-refractivity contribution in [3.05, 3.63) is 95.6 Å². The topological polar surface area (TPSA) is 55.8 Å². The zero-order valence-electron chi connectivity index (χ0n) is 18.4. The number of anilines is 1. The highest BCUT2D eigenvalue weighted by Crippen LogP contribution is 2.44. The Morgan fingerprint density at radius 2 is 1.69 bits per heavy atom. The molecular formula is C27H27NO4. The van der Waals surface area contributed by atoms with Crippen LogP contribution >= 0.6 is 0 Å². The summed E-state index contributed by atoms with van der Waals surface area (Å²) in [5.74, 6) is 0.458. The van der Waals surface area contributed by atoms with Gasteiger partial charge >= 0.3 is 6.09 Å². The summed E-state index contributed by atoms with van der Waals surface area (Å²) in [7, 11) is 1.56. The molecule has 0 N–H and O–H groups in total. The van der Waals surface area contributed by atoms with Crippen LogP contribution in [-0.4, -0.2) is 25.6 Å². The highest BCUT2D eigenvalue weighted by Gasteiger charge is 2.55. The second-order valence-electron chi connectivity index (χ2n) is 7.88. The average molecular weight is 430 g/mol. The van der Waals surface area contributed by atoms with Gasteiger partial charge in [-0.25, -0.2) is 4.79 Å². The number of cyclic esters (lactones) is 1. The molecule has 164 valence electrons. The van der Waals surface area contributed by atoms with Crippen molar-refractivity contribution in [2.24, 2.45) is 0 Å². The Hall–Kier alpha value is -3.60. The lowest BCUT2D eigenvalue weighted by Gasteiger charge is -2.35. The van der Waals surface area contributed by atoms with Crippen LogP contribution in [0.5, 0.6) is 5.75 Å². The first-order chi connectivity index (χ1) is 15.6. The first-order valence-electron chi connectivity index (χ1n) is 10.9. The molecule has 3 aromatic rings. The van der Waals surface area contributed by atoms with E-state index < -0.39 is 11.6 Å². The average Bonchev–Trinajstić information content (AvgIpc) is 3.21. The molecule has 0 spiro atoms. The molecule has 1 heterocycles. The van der Waals surface area contributed by atoms with E-state index in [0.717, 1.165) is 23.1 Å². The van der Waals surface area contributed by atoms with Gasteiger partial charge in [0.25, 0.3) is 0 Å². The maximum absolute atomic E-state index is 13.9. The van der Waals surface area contributed by atoms with Crippen LogP contribution in [0.15, 0.2) is 78.9 Å². The second kappa shape index (κ2) is 9.27. The number of benzene rings is 3. The van der Waals surface area contributed by atoms with Gasteiger partial charge in [0.05, 0.1) is 12.8 Å². The number of ether oxygens (including phenoxy) is 2. The van der Waals surface area contributed by atoms with Crippen molar-refractivity contribution in [2.75, 3.05) is 18.6 Å². The van der Waals surface area contributed by atoms with Gasteiger partial charge in [0.2, 0.25) is 0 Å². The smallest absolute Gasteiger partial charge is 0.415 e. The highest BCUT2D eigenvalue weighted by atomic mass is 16.6. The second-order valence-corrected chi connectivity index (χ2v) is 7.88. The van der Waals surface area contributed by atoms with Crippen molar-refractivity contribution in [3.8, 4) is 5.75 Å². The molecule has 3 aromatic carbocycles. The van der Waals surface area contributed by atoms with Gasteiger partial charge in [0, 0.05) is 6.42 Å². The van der Waals surface area contributed by atoms with Crippen LogP contribution in [0.25, 0.3) is 0 Å². The summed E-state index contributed by atoms with van der Waals surface area (Å²) in [6.07, 6.45) is 1.11. The number of rotatable bonds is 8. The number of amides is 1. The molecule has 0 unspecified atom stereocenters. The molecule has 1 aliphatic heterocycles. The summed E-state index contributed by atoms with van der Waals surface area (Å²) in [5.41, 5.74) is 2.14. The molecule has 1 atom stereocenters. The highest BCUT2D eigenvalue weighted by molar-refractivity contribution is 6.05. The molecule has 0 saturated carbocycles. The molecule has 4 rings (SSSR count). The zero-order valence-corrected chi connectivity index (χ0v) is 18.4. The lowest BCUT2D eigenvalue weighted by atomic mass is 9.82. The predicted octanol–water partition coefficient (Wildman–Crippen LogP) is 5.31. The van der Waals surface area contributed by atoms with Gasteiger partial charge in [-0.15, -0.1) is 0 Å². The lowest BCUT2D eigenvalue weighted by Crippen LogP contribution is -2.51. The molecule has 0 radical (unpaired) electrons. The molecule has 0 aliphatic carbocycles. The fourth-order valence-electron chi connectivity index (χ4n) is 4.29. The Labute approximate surface area is 188 Å². The number of Topliss-reactive ketones (excluding diaryl/α,β-unsaturated/α-hetero) is 1. The van der Waals surface area contributed by atoms with E-state index in [2.05, 4.69) is 0 Å². The van der Waals surface area contributed by atoms with E-state index in [-0.39, 0.29) is 18.8 Å². The Morgan fingerprint density at radius 1 is 1.00 bits per heavy atom. The molecule has 1 saturated heterocycles. The Balaban J connectivity index is 1.82. The lowest BCUT2D eigenvalue weighted by molar-refractivity contribution is -0.124. The maximum atomic E-state index is 13.9. The third kappa shape index (κ3) is 3.86. The van der Waals surface area contributed by atoms with Crippen molar-refractivity contribution < 1.29 is 19.1 Å². The SMILES string of the molecule is CCc1ccc(OC)c(N2C(=O)OC[C@@]2(C(=O)CCc2ccccc2)c2ccccc2)c1. The first kappa shape index (κ1) is 21.6. The standard InChI is InChI=1S/C27H27NO4/c1-3-20-14-16-24(31-2)23(18-20)28-26(30)32-19-27(28,22-12-8-5-9-13-22)25(29)17-15-21-10-6-4-7-11-21/h4-14,16,18H,3,15,17,19H2,1-2H3/t27-/m0/s1. The van der Waals surface area contributed by atoms with E-state index in [1.165, 1.54) is 4.90 Å². The van der Waals surface area contributed by atoms with E-state index in [9.17, 15) is 9.59 Å². The van der Waals surface area contributed by atoms with Crippen LogP contribution in [0.1, 0.15) is 30.0 Å². The quantitative estimate of drug-likeness (QED) is 0.487. The summed E-state index contributed by atoms with van der Waals surface area (Å²) >= 11 is 0. The van der Waals surface area contributed by atoms with Gasteiger partial charge in [0.15, 0.2) is 11.3 Å². The number of nitrogens with zero attached hydrogens (tertiary/aromatic N) is 1. The van der Waals surface area contributed by atoms with Crippen LogP contribution in [0, 0.1) is 0 Å². The molecule has 0 bridgehead atoms. The van der Waals surface area contributed by atoms with Gasteiger partial charge < -0.3 is 9.47 Å². The minimum absolute atomic E-state index is 0.0387. The molecular weight excluding hydrogens is 402 g/mol. The number of aryl methyl sites for hydroxylation is 2. The van der Waals surface area contributed by atoms with Crippen molar-refractivity contribution in [2.45, 2.75) is 31.7 Å². The fourth-order valence-corrected chi connectivity index (χ4v) is 4.29. The Bertz CT molecular complexity index is 1100. The molecule has 0 aromatic heterocycles. The van der Waals surface area contributed by atoms with Gasteiger partial charge in [-0.05, 0) is 41.7 Å². The monoisotopic (exact) mass is 429 g/mol. The zero-order chi connectivity index (χ0) is 22.6. The van der Waals surface area contributed by atoms with Crippen LogP contribution in [0.2, 0.25) is 0 Å². The number of ketones is 1. The number of hydrogen-bond donors (Lipinski definition) is 0. The normalized spacial score (nSPS) is 17.8. The van der Waals surface area contributed by atoms with Crippen molar-refractivity contribution in [3.63, 3.8) is 0 Å². The summed E-state index contributed by atoms with van der Waals surface area (Å²) in [6.45, 7) is 2.01. The van der Waals surface area contributed by atoms with E-state index in [1.807, 2.05) is 85.8 Å². The number of hydrogen-bond acceptors (Lipinski definition) is 4. The maximum Gasteiger partial charge on any atom is 0.415 e. The number of methoxy groups -OCH3 is 1. The molecule has 1 aliphatic rings. The summed E-state index contributed by atoms with van der Waals surface area (Å²) in [6, 6.07) is 25.0. The third-order valence-corrected chi connectivity index (χ3v) is 6.06. The summed E-state index contributed by atoms with van der Waals surface area (Å²) in [5, 5.41) is 0. The van der Waals surface area contributed by atoms with Crippen LogP contribution in [0.3, 0.4) is 0 Å². The largest absolute Gasteiger partial charge is 0.495 e. The minimum atomic E-state index is -1.26. The van der Waals surface area contributed by atoms with Crippen LogP contribution in [0.4, 0.5) is 10.5 Å². The van der Waals surface area contributed by atoms with E-state index in [4.69, 9.17) is 9.47 Å². The molecule has 1 amide bonds. The predicted molar refractivity (Wildman–Crippen MR) is 124 cm³/mol. The van der Waals surface area contributed by atoms with E-state index in [1.54, 1.807) is 7.11 Å². The minimum Gasteiger partial charge on any atom is -0.495 e. The van der Waals surface area contributed by atoms with Crippen molar-refractivity contribution >= 4 is 17.6 Å². The van der Waals surface area contributed by atoms with Gasteiger partial charge in [-0.3, -0.25) is 9.69 Å². The van der Waals surface area contributed by atoms with Gasteiger partial charge in [-0.1, -0.05) is 73.7 Å². The van der Waals surface area contributed by atoms with E-state index in [0.29, 0.717) is 17.9 Å².